The van der Waals surface area contributed by atoms with Crippen LogP contribution in [0.1, 0.15) is 21.5 Å². The topological polar surface area (TPSA) is 79.8 Å². The summed E-state index contributed by atoms with van der Waals surface area (Å²) in [5, 5.41) is 9.81. The standard InChI is InChI=1S/C28H20ClN3O3S/c29-22-14-12-19(13-15-22)26(33)31-32-28-30-27(34)25(36-28)16-20-7-2-4-11-24(20)35-17-21-9-5-8-18-6-1-3-10-23(18)21/h1-16H,17H2,(H,31,33)(H,30,32,34)/b25-16-. The van der Waals surface area contributed by atoms with Crippen molar-refractivity contribution in [3.05, 3.63) is 118 Å². The second kappa shape index (κ2) is 10.7. The number of ether oxygens (including phenoxy) is 1. The molecule has 0 radical (unpaired) electrons. The van der Waals surface area contributed by atoms with Crippen LogP contribution in [-0.4, -0.2) is 17.0 Å². The molecule has 5 rings (SSSR count). The van der Waals surface area contributed by atoms with Gasteiger partial charge in [0.1, 0.15) is 12.4 Å². The van der Waals surface area contributed by atoms with Gasteiger partial charge in [-0.1, -0.05) is 72.3 Å². The van der Waals surface area contributed by atoms with E-state index in [1.54, 1.807) is 30.3 Å². The van der Waals surface area contributed by atoms with E-state index in [0.717, 1.165) is 33.7 Å². The van der Waals surface area contributed by atoms with E-state index >= 15 is 0 Å². The molecule has 36 heavy (non-hydrogen) atoms. The highest BCUT2D eigenvalue weighted by Gasteiger charge is 2.24. The minimum atomic E-state index is -0.404. The molecule has 6 nitrogen and oxygen atoms in total. The number of thioether (sulfide) groups is 1. The Morgan fingerprint density at radius 3 is 2.58 bits per heavy atom. The van der Waals surface area contributed by atoms with E-state index in [2.05, 4.69) is 34.0 Å². The highest BCUT2D eigenvalue weighted by molar-refractivity contribution is 8.18. The quantitative estimate of drug-likeness (QED) is 0.245. The van der Waals surface area contributed by atoms with Crippen LogP contribution in [0.5, 0.6) is 5.75 Å². The first kappa shape index (κ1) is 23.7. The monoisotopic (exact) mass is 513 g/mol. The molecule has 1 aliphatic rings. The maximum Gasteiger partial charge on any atom is 0.271 e. The SMILES string of the molecule is O=C1N/C(=N\NC(=O)c2ccc(Cl)cc2)S/C1=C\c1ccccc1OCc1cccc2ccccc12. The summed E-state index contributed by atoms with van der Waals surface area (Å²) in [6, 6.07) is 28.3. The van der Waals surface area contributed by atoms with Gasteiger partial charge in [-0.15, -0.1) is 5.10 Å². The molecule has 2 N–H and O–H groups in total. The molecule has 0 atom stereocenters. The number of hydrogen-bond donors (Lipinski definition) is 2. The molecule has 0 saturated carbocycles. The number of carbonyl (C=O) groups excluding carboxylic acids is 2. The number of hydrogen-bond acceptors (Lipinski definition) is 5. The Morgan fingerprint density at radius 1 is 0.972 bits per heavy atom. The van der Waals surface area contributed by atoms with Crippen LogP contribution in [0.4, 0.5) is 0 Å². The molecule has 2 amide bonds. The van der Waals surface area contributed by atoms with Crippen molar-refractivity contribution in [2.45, 2.75) is 6.61 Å². The van der Waals surface area contributed by atoms with Crippen molar-refractivity contribution in [3.63, 3.8) is 0 Å². The number of nitrogens with one attached hydrogen (secondary N) is 2. The number of nitrogens with zero attached hydrogens (tertiary/aromatic N) is 1. The van der Waals surface area contributed by atoms with Gasteiger partial charge >= 0.3 is 0 Å². The molecule has 1 fully saturated rings. The molecular weight excluding hydrogens is 494 g/mol. The highest BCUT2D eigenvalue weighted by Crippen LogP contribution is 2.30. The Balaban J connectivity index is 1.29. The van der Waals surface area contributed by atoms with Crippen molar-refractivity contribution in [2.24, 2.45) is 5.10 Å². The van der Waals surface area contributed by atoms with Crippen LogP contribution in [0.3, 0.4) is 0 Å². The molecule has 4 aromatic carbocycles. The minimum absolute atomic E-state index is 0.280. The van der Waals surface area contributed by atoms with Crippen LogP contribution in [0.2, 0.25) is 5.02 Å². The normalized spacial score (nSPS) is 15.3. The van der Waals surface area contributed by atoms with Crippen LogP contribution in [0, 0.1) is 0 Å². The number of halogens is 1. The molecule has 0 unspecified atom stereocenters. The predicted octanol–water partition coefficient (Wildman–Crippen LogP) is 5.98. The van der Waals surface area contributed by atoms with E-state index in [4.69, 9.17) is 16.3 Å². The van der Waals surface area contributed by atoms with Gasteiger partial charge in [0.15, 0.2) is 5.17 Å². The lowest BCUT2D eigenvalue weighted by Crippen LogP contribution is -2.25. The zero-order chi connectivity index (χ0) is 24.9. The first-order chi connectivity index (χ1) is 17.6. The van der Waals surface area contributed by atoms with Gasteiger partial charge in [-0.2, -0.15) is 0 Å². The molecular formula is C28H20ClN3O3S. The van der Waals surface area contributed by atoms with Gasteiger partial charge < -0.3 is 4.74 Å². The van der Waals surface area contributed by atoms with Gasteiger partial charge in [0.05, 0.1) is 4.91 Å². The lowest BCUT2D eigenvalue weighted by Gasteiger charge is -2.11. The number of carbonyl (C=O) groups is 2. The lowest BCUT2D eigenvalue weighted by atomic mass is 10.1. The average molecular weight is 514 g/mol. The second-order valence-corrected chi connectivity index (χ2v) is 9.36. The summed E-state index contributed by atoms with van der Waals surface area (Å²) >= 11 is 6.99. The van der Waals surface area contributed by atoms with Crippen molar-refractivity contribution < 1.29 is 14.3 Å². The van der Waals surface area contributed by atoms with Crippen molar-refractivity contribution >= 4 is 57.2 Å². The fourth-order valence-corrected chi connectivity index (χ4v) is 4.59. The van der Waals surface area contributed by atoms with Crippen molar-refractivity contribution in [2.75, 3.05) is 0 Å². The predicted molar refractivity (Wildman–Crippen MR) is 145 cm³/mol. The number of benzene rings is 4. The number of amides is 2. The van der Waals surface area contributed by atoms with Gasteiger partial charge in [-0.25, -0.2) is 5.43 Å². The van der Waals surface area contributed by atoms with Gasteiger partial charge in [-0.05, 0) is 64.5 Å². The van der Waals surface area contributed by atoms with E-state index in [1.165, 1.54) is 0 Å². The molecule has 4 aromatic rings. The maximum atomic E-state index is 12.5. The molecule has 178 valence electrons. The number of hydrazone groups is 1. The molecule has 8 heteroatoms. The Bertz CT molecular complexity index is 1510. The average Bonchev–Trinajstić information content (AvgIpc) is 3.26. The highest BCUT2D eigenvalue weighted by atomic mass is 35.5. The van der Waals surface area contributed by atoms with Gasteiger partial charge in [-0.3, -0.25) is 14.9 Å². The maximum absolute atomic E-state index is 12.5. The number of rotatable bonds is 6. The zero-order valence-electron chi connectivity index (χ0n) is 18.9. The van der Waals surface area contributed by atoms with E-state index in [9.17, 15) is 9.59 Å². The van der Waals surface area contributed by atoms with Crippen molar-refractivity contribution in [1.29, 1.82) is 0 Å². The third-order valence-electron chi connectivity index (χ3n) is 5.49. The molecule has 1 heterocycles. The summed E-state index contributed by atoms with van der Waals surface area (Å²) in [5.74, 6) is -0.0465. The van der Waals surface area contributed by atoms with Crippen LogP contribution in [0.15, 0.2) is 101 Å². The molecule has 0 aliphatic carbocycles. The number of para-hydroxylation sites is 1. The lowest BCUT2D eigenvalue weighted by molar-refractivity contribution is -0.115. The van der Waals surface area contributed by atoms with E-state index in [0.29, 0.717) is 27.8 Å². The Morgan fingerprint density at radius 2 is 1.72 bits per heavy atom. The van der Waals surface area contributed by atoms with Crippen LogP contribution >= 0.6 is 23.4 Å². The largest absolute Gasteiger partial charge is 0.488 e. The van der Waals surface area contributed by atoms with Crippen LogP contribution in [0.25, 0.3) is 16.8 Å². The van der Waals surface area contributed by atoms with Gasteiger partial charge in [0.2, 0.25) is 0 Å². The number of fused-ring (bicyclic) bond motifs is 1. The van der Waals surface area contributed by atoms with E-state index < -0.39 is 5.91 Å². The van der Waals surface area contributed by atoms with E-state index in [1.807, 2.05) is 48.5 Å². The molecule has 1 aliphatic heterocycles. The second-order valence-electron chi connectivity index (χ2n) is 7.89. The Kier molecular flexibility index (Phi) is 7.02. The van der Waals surface area contributed by atoms with Crippen molar-refractivity contribution in [3.8, 4) is 5.75 Å². The summed E-state index contributed by atoms with van der Waals surface area (Å²) < 4.78 is 6.16. The number of amidine groups is 1. The molecule has 0 aromatic heterocycles. The smallest absolute Gasteiger partial charge is 0.271 e. The fraction of sp³-hybridized carbons (Fsp3) is 0.0357. The fourth-order valence-electron chi connectivity index (χ4n) is 3.69. The summed E-state index contributed by atoms with van der Waals surface area (Å²) in [4.78, 5) is 25.2. The minimum Gasteiger partial charge on any atom is -0.488 e. The first-order valence-electron chi connectivity index (χ1n) is 11.1. The zero-order valence-corrected chi connectivity index (χ0v) is 20.5. The summed E-state index contributed by atoms with van der Waals surface area (Å²) in [6.45, 7) is 0.393. The van der Waals surface area contributed by atoms with Gasteiger partial charge in [0, 0.05) is 16.1 Å². The van der Waals surface area contributed by atoms with Gasteiger partial charge in [0.25, 0.3) is 11.8 Å². The van der Waals surface area contributed by atoms with E-state index in [-0.39, 0.29) is 11.1 Å². The molecule has 1 saturated heterocycles. The van der Waals surface area contributed by atoms with Crippen LogP contribution < -0.4 is 15.5 Å². The summed E-state index contributed by atoms with van der Waals surface area (Å²) in [6.07, 6.45) is 1.75. The first-order valence-corrected chi connectivity index (χ1v) is 12.3. The Hall–Kier alpha value is -4.07. The third kappa shape index (κ3) is 5.43. The third-order valence-corrected chi connectivity index (χ3v) is 6.65. The molecule has 0 spiro atoms. The van der Waals surface area contributed by atoms with Crippen molar-refractivity contribution in [1.82, 2.24) is 10.7 Å². The summed E-state index contributed by atoms with van der Waals surface area (Å²) in [7, 11) is 0. The Labute approximate surface area is 217 Å². The summed E-state index contributed by atoms with van der Waals surface area (Å²) in [5.41, 5.74) is 4.70. The molecule has 0 bridgehead atoms. The van der Waals surface area contributed by atoms with Crippen LogP contribution in [-0.2, 0) is 11.4 Å².